The van der Waals surface area contributed by atoms with Crippen molar-refractivity contribution in [2.45, 2.75) is 0 Å². The molecule has 0 bridgehead atoms. The number of nitrogens with zero attached hydrogens (tertiary/aromatic N) is 2. The summed E-state index contributed by atoms with van der Waals surface area (Å²) in [5.74, 6) is 2.19. The number of rotatable bonds is 1. The van der Waals surface area contributed by atoms with Crippen LogP contribution >= 0.6 is 11.8 Å². The first-order valence-corrected chi connectivity index (χ1v) is 4.96. The van der Waals surface area contributed by atoms with Crippen molar-refractivity contribution < 1.29 is 4.39 Å². The van der Waals surface area contributed by atoms with Gasteiger partial charge in [0, 0.05) is 18.5 Å². The van der Waals surface area contributed by atoms with E-state index in [4.69, 9.17) is 0 Å². The van der Waals surface area contributed by atoms with Crippen LogP contribution in [0.4, 0.5) is 10.2 Å². The summed E-state index contributed by atoms with van der Waals surface area (Å²) in [7, 11) is 0. The monoisotopic (exact) mass is 184 g/mol. The summed E-state index contributed by atoms with van der Waals surface area (Å²) in [4.78, 5) is 5.96. The van der Waals surface area contributed by atoms with Gasteiger partial charge in [0.25, 0.3) is 0 Å². The van der Waals surface area contributed by atoms with E-state index in [2.05, 4.69) is 4.98 Å². The predicted molar refractivity (Wildman–Crippen MR) is 48.9 cm³/mol. The Morgan fingerprint density at radius 3 is 3.17 bits per heavy atom. The van der Waals surface area contributed by atoms with Crippen molar-refractivity contribution in [2.75, 3.05) is 23.1 Å². The third kappa shape index (κ3) is 1.39. The number of thioether (sulfide) groups is 1. The number of halogens is 1. The van der Waals surface area contributed by atoms with Gasteiger partial charge in [-0.1, -0.05) is 0 Å². The molecule has 1 saturated heterocycles. The normalized spacial score (nSPS) is 16.9. The third-order valence-corrected chi connectivity index (χ3v) is 2.76. The van der Waals surface area contributed by atoms with Gasteiger partial charge in [-0.15, -0.1) is 11.8 Å². The topological polar surface area (TPSA) is 16.1 Å². The molecule has 1 aliphatic rings. The molecule has 0 saturated carbocycles. The maximum Gasteiger partial charge on any atom is 0.165 e. The predicted octanol–water partition coefficient (Wildman–Crippen LogP) is 1.73. The largest absolute Gasteiger partial charge is 0.344 e. The fraction of sp³-hybridized carbons (Fsp3) is 0.375. The van der Waals surface area contributed by atoms with E-state index in [9.17, 15) is 4.39 Å². The Labute approximate surface area is 74.8 Å². The minimum absolute atomic E-state index is 0.222. The van der Waals surface area contributed by atoms with Gasteiger partial charge in [0.1, 0.15) is 0 Å². The molecule has 1 aliphatic heterocycles. The molecule has 2 rings (SSSR count). The Kier molecular flexibility index (Phi) is 2.17. The molecule has 64 valence electrons. The zero-order valence-corrected chi connectivity index (χ0v) is 7.35. The molecule has 12 heavy (non-hydrogen) atoms. The maximum absolute atomic E-state index is 13.1. The van der Waals surface area contributed by atoms with Gasteiger partial charge in [0.15, 0.2) is 11.6 Å². The van der Waals surface area contributed by atoms with Crippen LogP contribution in [0.25, 0.3) is 0 Å². The molecular formula is C8H9FN2S. The van der Waals surface area contributed by atoms with Crippen molar-refractivity contribution in [3.05, 3.63) is 24.1 Å². The molecule has 0 aromatic carbocycles. The molecule has 0 radical (unpaired) electrons. The molecule has 1 aromatic heterocycles. The van der Waals surface area contributed by atoms with Gasteiger partial charge in [0.2, 0.25) is 0 Å². The Morgan fingerprint density at radius 2 is 2.50 bits per heavy atom. The van der Waals surface area contributed by atoms with E-state index < -0.39 is 0 Å². The van der Waals surface area contributed by atoms with Crippen molar-refractivity contribution >= 4 is 17.6 Å². The molecule has 4 heteroatoms. The minimum Gasteiger partial charge on any atom is -0.344 e. The Hall–Kier alpha value is -0.770. The van der Waals surface area contributed by atoms with Gasteiger partial charge in [-0.2, -0.15) is 0 Å². The molecular weight excluding hydrogens is 175 g/mol. The highest BCUT2D eigenvalue weighted by molar-refractivity contribution is 7.99. The lowest BCUT2D eigenvalue weighted by Crippen LogP contribution is -2.20. The highest BCUT2D eigenvalue weighted by atomic mass is 32.2. The van der Waals surface area contributed by atoms with Crippen LogP contribution in [0, 0.1) is 5.82 Å². The van der Waals surface area contributed by atoms with Crippen LogP contribution in [-0.4, -0.2) is 23.2 Å². The van der Waals surface area contributed by atoms with E-state index in [1.165, 1.54) is 6.07 Å². The lowest BCUT2D eigenvalue weighted by atomic mass is 10.4. The van der Waals surface area contributed by atoms with Crippen LogP contribution < -0.4 is 4.90 Å². The maximum atomic E-state index is 13.1. The zero-order chi connectivity index (χ0) is 8.39. The van der Waals surface area contributed by atoms with Crippen LogP contribution in [0.3, 0.4) is 0 Å². The number of hydrogen-bond acceptors (Lipinski definition) is 3. The number of anilines is 1. The fourth-order valence-corrected chi connectivity index (χ4v) is 2.14. The number of hydrogen-bond donors (Lipinski definition) is 0. The molecule has 0 atom stereocenters. The van der Waals surface area contributed by atoms with Gasteiger partial charge < -0.3 is 4.90 Å². The van der Waals surface area contributed by atoms with Crippen molar-refractivity contribution in [1.29, 1.82) is 0 Å². The Balaban J connectivity index is 2.26. The Morgan fingerprint density at radius 1 is 1.58 bits per heavy atom. The molecule has 0 spiro atoms. The quantitative estimate of drug-likeness (QED) is 0.661. The Bertz CT molecular complexity index is 274. The van der Waals surface area contributed by atoms with Crippen molar-refractivity contribution in [2.24, 2.45) is 0 Å². The smallest absolute Gasteiger partial charge is 0.165 e. The third-order valence-electron chi connectivity index (χ3n) is 1.79. The van der Waals surface area contributed by atoms with E-state index in [-0.39, 0.29) is 5.82 Å². The van der Waals surface area contributed by atoms with Crippen molar-refractivity contribution in [1.82, 2.24) is 4.98 Å². The molecule has 0 N–H and O–H groups in total. The first kappa shape index (κ1) is 7.86. The summed E-state index contributed by atoms with van der Waals surface area (Å²) >= 11 is 1.80. The van der Waals surface area contributed by atoms with Crippen molar-refractivity contribution in [3.8, 4) is 0 Å². The summed E-state index contributed by atoms with van der Waals surface area (Å²) in [6.07, 6.45) is 1.63. The zero-order valence-electron chi connectivity index (χ0n) is 6.53. The molecule has 1 fully saturated rings. The lowest BCUT2D eigenvalue weighted by Gasteiger charge is -2.14. The van der Waals surface area contributed by atoms with Crippen LogP contribution in [-0.2, 0) is 0 Å². The number of aromatic nitrogens is 1. The molecule has 0 unspecified atom stereocenters. The van der Waals surface area contributed by atoms with Gasteiger partial charge in [-0.25, -0.2) is 9.37 Å². The first-order valence-electron chi connectivity index (χ1n) is 3.81. The fourth-order valence-electron chi connectivity index (χ4n) is 1.19. The van der Waals surface area contributed by atoms with E-state index in [0.29, 0.717) is 5.82 Å². The summed E-state index contributed by atoms with van der Waals surface area (Å²) in [6, 6.07) is 3.06. The highest BCUT2D eigenvalue weighted by Gasteiger charge is 2.16. The first-order chi connectivity index (χ1) is 5.88. The van der Waals surface area contributed by atoms with Crippen LogP contribution in [0.5, 0.6) is 0 Å². The molecule has 2 nitrogen and oxygen atoms in total. The van der Waals surface area contributed by atoms with Gasteiger partial charge in [-0.3, -0.25) is 0 Å². The molecule has 0 aliphatic carbocycles. The molecule has 2 heterocycles. The minimum atomic E-state index is -0.222. The van der Waals surface area contributed by atoms with Gasteiger partial charge >= 0.3 is 0 Å². The molecule has 0 amide bonds. The summed E-state index contributed by atoms with van der Waals surface area (Å²) in [5, 5.41) is 0. The second-order valence-electron chi connectivity index (χ2n) is 2.61. The van der Waals surface area contributed by atoms with Crippen LogP contribution in [0.2, 0.25) is 0 Å². The lowest BCUT2D eigenvalue weighted by molar-refractivity contribution is 0.617. The average Bonchev–Trinajstić information content (AvgIpc) is 2.57. The van der Waals surface area contributed by atoms with E-state index in [1.54, 1.807) is 24.0 Å². The summed E-state index contributed by atoms with van der Waals surface area (Å²) < 4.78 is 13.1. The van der Waals surface area contributed by atoms with Gasteiger partial charge in [-0.05, 0) is 12.1 Å². The standard InChI is InChI=1S/C8H9FN2S/c9-7-2-1-3-10-8(7)11-4-5-12-6-11/h1-3H,4-6H2. The second-order valence-corrected chi connectivity index (χ2v) is 3.68. The second kappa shape index (κ2) is 3.31. The average molecular weight is 184 g/mol. The highest BCUT2D eigenvalue weighted by Crippen LogP contribution is 2.22. The molecule has 1 aromatic rings. The van der Waals surface area contributed by atoms with E-state index in [1.807, 2.05) is 4.90 Å². The van der Waals surface area contributed by atoms with Gasteiger partial charge in [0.05, 0.1) is 5.88 Å². The van der Waals surface area contributed by atoms with E-state index >= 15 is 0 Å². The van der Waals surface area contributed by atoms with Crippen LogP contribution in [0.1, 0.15) is 0 Å². The van der Waals surface area contributed by atoms with Crippen LogP contribution in [0.15, 0.2) is 18.3 Å². The summed E-state index contributed by atoms with van der Waals surface area (Å²) in [6.45, 7) is 0.901. The summed E-state index contributed by atoms with van der Waals surface area (Å²) in [5.41, 5.74) is 0. The van der Waals surface area contributed by atoms with E-state index in [0.717, 1.165) is 18.2 Å². The number of pyridine rings is 1. The van der Waals surface area contributed by atoms with Crippen molar-refractivity contribution in [3.63, 3.8) is 0 Å². The SMILES string of the molecule is Fc1cccnc1N1CCSC1.